The molecule has 13 heteroatoms. The molecule has 0 saturated carbocycles. The number of benzene rings is 1. The second-order valence-corrected chi connectivity index (χ2v) is 9.71. The van der Waals surface area contributed by atoms with Crippen molar-refractivity contribution in [2.45, 2.75) is 6.92 Å². The molecule has 4 rings (SSSR count). The van der Waals surface area contributed by atoms with E-state index < -0.39 is 20.7 Å². The number of non-ortho nitro benzene ring substituents is 1. The predicted octanol–water partition coefficient (Wildman–Crippen LogP) is 2.87. The Bertz CT molecular complexity index is 1340. The highest BCUT2D eigenvalue weighted by Gasteiger charge is 2.39. The summed E-state index contributed by atoms with van der Waals surface area (Å²) in [6, 6.07) is 8.98. The van der Waals surface area contributed by atoms with E-state index in [1.54, 1.807) is 12.1 Å². The number of nitro benzene ring substituents is 1. The Morgan fingerprint density at radius 2 is 2.10 bits per heavy atom. The van der Waals surface area contributed by atoms with Crippen molar-refractivity contribution in [1.29, 1.82) is 5.41 Å². The Hall–Kier alpha value is -3.58. The molecule has 0 aliphatic carbocycles. The third-order valence-electron chi connectivity index (χ3n) is 4.34. The quantitative estimate of drug-likeness (QED) is 0.415. The fourth-order valence-electron chi connectivity index (χ4n) is 2.72. The summed E-state index contributed by atoms with van der Waals surface area (Å²) < 4.78 is 29.5. The lowest BCUT2D eigenvalue weighted by atomic mass is 10.1. The number of rotatable bonds is 4. The number of aliphatic imine (C=N–C) groups is 1. The van der Waals surface area contributed by atoms with Crippen molar-refractivity contribution >= 4 is 54.6 Å². The van der Waals surface area contributed by atoms with Crippen LogP contribution in [-0.4, -0.2) is 45.4 Å². The summed E-state index contributed by atoms with van der Waals surface area (Å²) in [4.78, 5) is 26.7. The summed E-state index contributed by atoms with van der Waals surface area (Å²) in [5, 5.41) is 24.1. The van der Waals surface area contributed by atoms with Crippen LogP contribution in [0.3, 0.4) is 0 Å². The van der Waals surface area contributed by atoms with Crippen LogP contribution in [0.25, 0.3) is 17.4 Å². The Morgan fingerprint density at radius 3 is 2.81 bits per heavy atom. The second-order valence-electron chi connectivity index (χ2n) is 6.30. The van der Waals surface area contributed by atoms with Gasteiger partial charge in [-0.15, -0.1) is 5.10 Å². The SMILES string of the molecule is CCS(=O)(=O)C1=NN2C(=N)/C(=C\c3ccc(-c4cccc([N+](=O)[O-])c4)o3)C(=O)N=C2S1. The number of carbonyl (C=O) groups is 1. The molecule has 0 radical (unpaired) electrons. The molecule has 1 N–H and O–H groups in total. The number of hydrogen-bond acceptors (Lipinski definition) is 9. The van der Waals surface area contributed by atoms with Crippen LogP contribution in [0.1, 0.15) is 12.7 Å². The largest absolute Gasteiger partial charge is 0.457 e. The molecule has 3 heterocycles. The molecular weight excluding hydrogens is 446 g/mol. The fourth-order valence-corrected chi connectivity index (χ4v) is 4.89. The van der Waals surface area contributed by atoms with E-state index in [-0.39, 0.29) is 38.2 Å². The number of carbonyl (C=O) groups excluding carboxylic acids is 1. The van der Waals surface area contributed by atoms with Gasteiger partial charge in [-0.05, 0) is 30.0 Å². The Morgan fingerprint density at radius 1 is 1.32 bits per heavy atom. The number of nitro groups is 1. The minimum absolute atomic E-state index is 0.00379. The van der Waals surface area contributed by atoms with Gasteiger partial charge in [-0.1, -0.05) is 19.1 Å². The van der Waals surface area contributed by atoms with Crippen LogP contribution in [0.2, 0.25) is 0 Å². The van der Waals surface area contributed by atoms with Crippen molar-refractivity contribution in [3.8, 4) is 11.3 Å². The lowest BCUT2D eigenvalue weighted by Gasteiger charge is -2.19. The first-order chi connectivity index (χ1) is 14.7. The Balaban J connectivity index is 1.65. The van der Waals surface area contributed by atoms with Crippen molar-refractivity contribution in [2.75, 3.05) is 5.75 Å². The molecule has 0 unspecified atom stereocenters. The number of amides is 1. The van der Waals surface area contributed by atoms with Gasteiger partial charge >= 0.3 is 0 Å². The summed E-state index contributed by atoms with van der Waals surface area (Å²) in [6.45, 7) is 1.47. The topological polar surface area (TPSA) is 159 Å². The maximum absolute atomic E-state index is 12.4. The molecule has 11 nitrogen and oxygen atoms in total. The maximum atomic E-state index is 12.4. The lowest BCUT2D eigenvalue weighted by Crippen LogP contribution is -2.35. The van der Waals surface area contributed by atoms with E-state index >= 15 is 0 Å². The molecule has 1 amide bonds. The number of hydrazone groups is 1. The van der Waals surface area contributed by atoms with Crippen LogP contribution >= 0.6 is 11.8 Å². The van der Waals surface area contributed by atoms with Crippen molar-refractivity contribution in [1.82, 2.24) is 5.01 Å². The number of hydrogen-bond donors (Lipinski definition) is 1. The van der Waals surface area contributed by atoms with Crippen molar-refractivity contribution in [3.63, 3.8) is 0 Å². The van der Waals surface area contributed by atoms with Gasteiger partial charge in [0.05, 0.1) is 16.2 Å². The number of fused-ring (bicyclic) bond motifs is 1. The monoisotopic (exact) mass is 459 g/mol. The van der Waals surface area contributed by atoms with Gasteiger partial charge < -0.3 is 4.42 Å². The van der Waals surface area contributed by atoms with Crippen LogP contribution in [0, 0.1) is 15.5 Å². The van der Waals surface area contributed by atoms with E-state index in [4.69, 9.17) is 9.83 Å². The van der Waals surface area contributed by atoms with Crippen LogP contribution in [-0.2, 0) is 14.6 Å². The third kappa shape index (κ3) is 3.80. The Kier molecular flexibility index (Phi) is 5.07. The van der Waals surface area contributed by atoms with Gasteiger partial charge in [-0.2, -0.15) is 10.0 Å². The normalized spacial score (nSPS) is 17.6. The number of furan rings is 1. The second kappa shape index (κ2) is 7.59. The molecule has 0 bridgehead atoms. The first-order valence-electron chi connectivity index (χ1n) is 8.77. The van der Waals surface area contributed by atoms with Crippen LogP contribution in [0.15, 0.2) is 56.5 Å². The van der Waals surface area contributed by atoms with Gasteiger partial charge in [0.15, 0.2) is 5.84 Å². The zero-order valence-corrected chi connectivity index (χ0v) is 17.4. The molecule has 0 fully saturated rings. The highest BCUT2D eigenvalue weighted by Crippen LogP contribution is 2.31. The molecule has 31 heavy (non-hydrogen) atoms. The molecule has 2 aliphatic rings. The average Bonchev–Trinajstić information content (AvgIpc) is 3.39. The fraction of sp³-hybridized carbons (Fsp3) is 0.111. The van der Waals surface area contributed by atoms with E-state index in [0.29, 0.717) is 11.3 Å². The number of sulfone groups is 1. The van der Waals surface area contributed by atoms with Crippen LogP contribution in [0.4, 0.5) is 5.69 Å². The predicted molar refractivity (Wildman–Crippen MR) is 115 cm³/mol. The summed E-state index contributed by atoms with van der Waals surface area (Å²) in [6.07, 6.45) is 1.29. The highest BCUT2D eigenvalue weighted by atomic mass is 32.3. The highest BCUT2D eigenvalue weighted by molar-refractivity contribution is 8.42. The van der Waals surface area contributed by atoms with Crippen molar-refractivity contribution < 1.29 is 22.6 Å². The van der Waals surface area contributed by atoms with E-state index in [1.165, 1.54) is 37.3 Å². The molecule has 2 aliphatic heterocycles. The van der Waals surface area contributed by atoms with Gasteiger partial charge in [-0.25, -0.2) is 8.42 Å². The summed E-state index contributed by atoms with van der Waals surface area (Å²) in [5.41, 5.74) is 0.240. The molecule has 0 spiro atoms. The van der Waals surface area contributed by atoms with Gasteiger partial charge in [0.2, 0.25) is 19.4 Å². The van der Waals surface area contributed by atoms with Gasteiger partial charge in [0.25, 0.3) is 11.6 Å². The van der Waals surface area contributed by atoms with Gasteiger partial charge in [-0.3, -0.25) is 20.3 Å². The molecular formula is C18H13N5O6S2. The first kappa shape index (κ1) is 20.7. The summed E-state index contributed by atoms with van der Waals surface area (Å²) in [7, 11) is -3.61. The van der Waals surface area contributed by atoms with Crippen LogP contribution < -0.4 is 0 Å². The minimum Gasteiger partial charge on any atom is -0.457 e. The number of amidine groups is 2. The van der Waals surface area contributed by atoms with Crippen LogP contribution in [0.5, 0.6) is 0 Å². The summed E-state index contributed by atoms with van der Waals surface area (Å²) in [5.74, 6) is -0.692. The number of nitrogens with one attached hydrogen (secondary N) is 1. The van der Waals surface area contributed by atoms with Crippen molar-refractivity contribution in [3.05, 3.63) is 57.8 Å². The molecule has 2 aromatic rings. The number of nitrogens with zero attached hydrogens (tertiary/aromatic N) is 4. The molecule has 158 valence electrons. The number of thioether (sulfide) groups is 1. The summed E-state index contributed by atoms with van der Waals surface area (Å²) >= 11 is 0.718. The molecule has 0 saturated heterocycles. The zero-order valence-electron chi connectivity index (χ0n) is 15.8. The lowest BCUT2D eigenvalue weighted by molar-refractivity contribution is -0.384. The van der Waals surface area contributed by atoms with E-state index in [9.17, 15) is 23.3 Å². The van der Waals surface area contributed by atoms with Gasteiger partial charge in [0, 0.05) is 17.7 Å². The average molecular weight is 459 g/mol. The minimum atomic E-state index is -3.61. The standard InChI is InChI=1S/C18H13N5O6S2/c1-2-31(27,28)18-21-22-15(19)13(16(24)20-17(22)30-18)9-12-6-7-14(29-12)10-4-3-5-11(8-10)23(25)26/h3-9,19H,2H2,1H3/b13-9+,19-15?. The van der Waals surface area contributed by atoms with Gasteiger partial charge in [0.1, 0.15) is 11.5 Å². The molecule has 1 aromatic carbocycles. The van der Waals surface area contributed by atoms with Crippen molar-refractivity contribution in [2.24, 2.45) is 10.1 Å². The zero-order chi connectivity index (χ0) is 22.3. The maximum Gasteiger partial charge on any atom is 0.283 e. The smallest absolute Gasteiger partial charge is 0.283 e. The first-order valence-corrected chi connectivity index (χ1v) is 11.2. The molecule has 1 aromatic heterocycles. The van der Waals surface area contributed by atoms with E-state index in [1.807, 2.05) is 0 Å². The Labute approximate surface area is 179 Å². The molecule has 0 atom stereocenters. The van der Waals surface area contributed by atoms with E-state index in [2.05, 4.69) is 10.1 Å². The third-order valence-corrected chi connectivity index (χ3v) is 7.43. The van der Waals surface area contributed by atoms with E-state index in [0.717, 1.165) is 16.8 Å².